The van der Waals surface area contributed by atoms with Crippen LogP contribution in [-0.4, -0.2) is 55.9 Å². The molecule has 2 saturated heterocycles. The fraction of sp³-hybridized carbons (Fsp3) is 0.533. The van der Waals surface area contributed by atoms with E-state index in [4.69, 9.17) is 0 Å². The van der Waals surface area contributed by atoms with Gasteiger partial charge in [0, 0.05) is 12.1 Å². The van der Waals surface area contributed by atoms with Gasteiger partial charge < -0.3 is 5.32 Å². The normalized spacial score (nSPS) is 28.4. The molecule has 0 unspecified atom stereocenters. The lowest BCUT2D eigenvalue weighted by atomic mass is 10.1. The van der Waals surface area contributed by atoms with E-state index in [9.17, 15) is 13.2 Å². The molecule has 0 aliphatic carbocycles. The van der Waals surface area contributed by atoms with E-state index in [1.807, 2.05) is 16.8 Å². The number of likely N-dealkylation sites (tertiary alicyclic amines) is 1. The number of hydrogen-bond donors (Lipinski definition) is 1. The third-order valence-electron chi connectivity index (χ3n) is 4.23. The van der Waals surface area contributed by atoms with Gasteiger partial charge in [-0.2, -0.15) is 11.3 Å². The van der Waals surface area contributed by atoms with Crippen molar-refractivity contribution in [2.24, 2.45) is 0 Å². The molecule has 1 aromatic heterocycles. The summed E-state index contributed by atoms with van der Waals surface area (Å²) in [6, 6.07) is 1.55. The minimum atomic E-state index is -3.06. The predicted molar refractivity (Wildman–Crippen MR) is 88.5 cm³/mol. The number of rotatable bonds is 4. The lowest BCUT2D eigenvalue weighted by Crippen LogP contribution is -2.49. The van der Waals surface area contributed by atoms with Gasteiger partial charge in [0.2, 0.25) is 5.91 Å². The van der Waals surface area contributed by atoms with E-state index in [0.29, 0.717) is 0 Å². The Bertz CT molecular complexity index is 646. The Balaban J connectivity index is 1.65. The summed E-state index contributed by atoms with van der Waals surface area (Å²) in [5.41, 5.74) is 0.982. The SMILES string of the molecule is O=C(/C=C/c1ccsc1)N[C@@H]1CS(=O)(=O)C[C@H]1N1CCCC1. The maximum Gasteiger partial charge on any atom is 0.244 e. The summed E-state index contributed by atoms with van der Waals surface area (Å²) < 4.78 is 23.9. The maximum atomic E-state index is 12.1. The van der Waals surface area contributed by atoms with Crippen LogP contribution in [0.4, 0.5) is 0 Å². The zero-order valence-electron chi connectivity index (χ0n) is 12.3. The summed E-state index contributed by atoms with van der Waals surface area (Å²) >= 11 is 1.57. The van der Waals surface area contributed by atoms with Crippen molar-refractivity contribution >= 4 is 33.2 Å². The van der Waals surface area contributed by atoms with Gasteiger partial charge in [0.1, 0.15) is 0 Å². The van der Waals surface area contributed by atoms with Crippen LogP contribution in [-0.2, 0) is 14.6 Å². The quantitative estimate of drug-likeness (QED) is 0.835. The first kappa shape index (κ1) is 15.7. The van der Waals surface area contributed by atoms with E-state index < -0.39 is 9.84 Å². The predicted octanol–water partition coefficient (Wildman–Crippen LogP) is 1.14. The molecule has 2 aliphatic rings. The summed E-state index contributed by atoms with van der Waals surface area (Å²) in [6.07, 6.45) is 5.44. The van der Waals surface area contributed by atoms with Crippen LogP contribution < -0.4 is 5.32 Å². The van der Waals surface area contributed by atoms with E-state index >= 15 is 0 Å². The fourth-order valence-electron chi connectivity index (χ4n) is 3.17. The Kier molecular flexibility index (Phi) is 4.65. The second-order valence-electron chi connectivity index (χ2n) is 5.89. The number of sulfone groups is 1. The van der Waals surface area contributed by atoms with E-state index in [1.165, 1.54) is 6.08 Å². The third kappa shape index (κ3) is 3.77. The Hall–Kier alpha value is -1.18. The number of hydrogen-bond acceptors (Lipinski definition) is 5. The van der Waals surface area contributed by atoms with Gasteiger partial charge in [-0.1, -0.05) is 0 Å². The van der Waals surface area contributed by atoms with Crippen molar-refractivity contribution in [3.8, 4) is 0 Å². The highest BCUT2D eigenvalue weighted by Crippen LogP contribution is 2.22. The monoisotopic (exact) mass is 340 g/mol. The van der Waals surface area contributed by atoms with Crippen LogP contribution in [0.1, 0.15) is 18.4 Å². The molecule has 2 aliphatic heterocycles. The molecule has 0 spiro atoms. The minimum absolute atomic E-state index is 0.0478. The molecule has 1 aromatic rings. The molecule has 0 radical (unpaired) electrons. The molecule has 3 rings (SSSR count). The topological polar surface area (TPSA) is 66.5 Å². The van der Waals surface area contributed by atoms with Crippen LogP contribution in [0.3, 0.4) is 0 Å². The van der Waals surface area contributed by atoms with E-state index in [1.54, 1.807) is 17.4 Å². The molecule has 7 heteroatoms. The first-order valence-corrected chi connectivity index (χ1v) is 10.3. The Labute approximate surface area is 134 Å². The first-order chi connectivity index (χ1) is 10.5. The Morgan fingerprint density at radius 1 is 1.32 bits per heavy atom. The zero-order chi connectivity index (χ0) is 15.6. The van der Waals surface area contributed by atoms with Gasteiger partial charge in [-0.25, -0.2) is 8.42 Å². The number of nitrogens with zero attached hydrogens (tertiary/aromatic N) is 1. The number of thiophene rings is 1. The highest BCUT2D eigenvalue weighted by Gasteiger charge is 2.42. The second kappa shape index (κ2) is 6.52. The van der Waals surface area contributed by atoms with E-state index in [2.05, 4.69) is 10.2 Å². The van der Waals surface area contributed by atoms with Crippen LogP contribution in [0.5, 0.6) is 0 Å². The lowest BCUT2D eigenvalue weighted by molar-refractivity contribution is -0.117. The lowest BCUT2D eigenvalue weighted by Gasteiger charge is -2.28. The van der Waals surface area contributed by atoms with Crippen molar-refractivity contribution in [1.82, 2.24) is 10.2 Å². The molecular weight excluding hydrogens is 320 g/mol. The van der Waals surface area contributed by atoms with Crippen LogP contribution in [0.25, 0.3) is 6.08 Å². The molecule has 1 amide bonds. The molecule has 2 fully saturated rings. The Morgan fingerprint density at radius 3 is 2.77 bits per heavy atom. The number of nitrogens with one attached hydrogen (secondary N) is 1. The highest BCUT2D eigenvalue weighted by atomic mass is 32.2. The number of amides is 1. The second-order valence-corrected chi connectivity index (χ2v) is 8.83. The van der Waals surface area contributed by atoms with Gasteiger partial charge in [-0.05, 0) is 54.4 Å². The molecule has 3 heterocycles. The van der Waals surface area contributed by atoms with Crippen molar-refractivity contribution in [3.63, 3.8) is 0 Å². The summed E-state index contributed by atoms with van der Waals surface area (Å²) in [7, 11) is -3.06. The van der Waals surface area contributed by atoms with Crippen LogP contribution in [0, 0.1) is 0 Å². The number of carbonyl (C=O) groups is 1. The minimum Gasteiger partial charge on any atom is -0.347 e. The van der Waals surface area contributed by atoms with Crippen molar-refractivity contribution in [2.45, 2.75) is 24.9 Å². The molecule has 0 aromatic carbocycles. The molecular formula is C15H20N2O3S2. The highest BCUT2D eigenvalue weighted by molar-refractivity contribution is 7.91. The molecule has 0 saturated carbocycles. The van der Waals surface area contributed by atoms with Gasteiger partial charge >= 0.3 is 0 Å². The summed E-state index contributed by atoms with van der Waals surface area (Å²) in [5, 5.41) is 6.78. The van der Waals surface area contributed by atoms with Crippen molar-refractivity contribution in [2.75, 3.05) is 24.6 Å². The van der Waals surface area contributed by atoms with Gasteiger partial charge in [-0.3, -0.25) is 9.69 Å². The van der Waals surface area contributed by atoms with Crippen LogP contribution in [0.2, 0.25) is 0 Å². The van der Waals surface area contributed by atoms with Crippen molar-refractivity contribution in [3.05, 3.63) is 28.5 Å². The summed E-state index contributed by atoms with van der Waals surface area (Å²) in [5.74, 6) is -0.0178. The average molecular weight is 340 g/mol. The first-order valence-electron chi connectivity index (χ1n) is 7.49. The van der Waals surface area contributed by atoms with Crippen molar-refractivity contribution < 1.29 is 13.2 Å². The molecule has 120 valence electrons. The molecule has 22 heavy (non-hydrogen) atoms. The molecule has 2 atom stereocenters. The van der Waals surface area contributed by atoms with Crippen LogP contribution in [0.15, 0.2) is 22.9 Å². The van der Waals surface area contributed by atoms with Gasteiger partial charge in [-0.15, -0.1) is 0 Å². The standard InChI is InChI=1S/C15H20N2O3S2/c18-15(4-3-12-5-8-21-9-12)16-13-10-22(19,20)11-14(13)17-6-1-2-7-17/h3-5,8-9,13-14H,1-2,6-7,10-11H2,(H,16,18)/b4-3+/t13-,14-/m1/s1. The summed E-state index contributed by atoms with van der Waals surface area (Å²) in [4.78, 5) is 14.3. The van der Waals surface area contributed by atoms with E-state index in [0.717, 1.165) is 31.5 Å². The Morgan fingerprint density at radius 2 is 2.09 bits per heavy atom. The fourth-order valence-corrected chi connectivity index (χ4v) is 5.75. The third-order valence-corrected chi connectivity index (χ3v) is 6.65. The smallest absolute Gasteiger partial charge is 0.244 e. The summed E-state index contributed by atoms with van der Waals surface area (Å²) in [6.45, 7) is 1.86. The maximum absolute atomic E-state index is 12.1. The van der Waals surface area contributed by atoms with Gasteiger partial charge in [0.15, 0.2) is 9.84 Å². The molecule has 1 N–H and O–H groups in total. The molecule has 5 nitrogen and oxygen atoms in total. The number of carbonyl (C=O) groups excluding carboxylic acids is 1. The van der Waals surface area contributed by atoms with Crippen molar-refractivity contribution in [1.29, 1.82) is 0 Å². The van der Waals surface area contributed by atoms with Crippen LogP contribution >= 0.6 is 11.3 Å². The average Bonchev–Trinajstić information content (AvgIpc) is 3.17. The van der Waals surface area contributed by atoms with E-state index in [-0.39, 0.29) is 29.5 Å². The molecule has 0 bridgehead atoms. The van der Waals surface area contributed by atoms with Gasteiger partial charge in [0.05, 0.1) is 17.5 Å². The largest absolute Gasteiger partial charge is 0.347 e. The van der Waals surface area contributed by atoms with Gasteiger partial charge in [0.25, 0.3) is 0 Å². The zero-order valence-corrected chi connectivity index (χ0v) is 13.9.